The molecule has 0 radical (unpaired) electrons. The van der Waals surface area contributed by atoms with Crippen molar-refractivity contribution in [1.29, 1.82) is 0 Å². The second-order valence-corrected chi connectivity index (χ2v) is 5.69. The molecule has 1 unspecified atom stereocenters. The van der Waals surface area contributed by atoms with E-state index in [1.807, 2.05) is 37.4 Å². The Kier molecular flexibility index (Phi) is 5.25. The van der Waals surface area contributed by atoms with E-state index in [1.165, 1.54) is 11.6 Å². The predicted octanol–water partition coefficient (Wildman–Crippen LogP) is 4.53. The first-order chi connectivity index (χ1) is 9.19. The first-order valence-electron chi connectivity index (χ1n) is 6.00. The van der Waals surface area contributed by atoms with E-state index in [4.69, 9.17) is 11.6 Å². The van der Waals surface area contributed by atoms with E-state index in [1.54, 1.807) is 23.9 Å². The van der Waals surface area contributed by atoms with Crippen molar-refractivity contribution >= 4 is 23.4 Å². The lowest BCUT2D eigenvalue weighted by atomic mass is 10.1. The Morgan fingerprint density at radius 3 is 2.58 bits per heavy atom. The van der Waals surface area contributed by atoms with Crippen molar-refractivity contribution in [3.8, 4) is 0 Å². The van der Waals surface area contributed by atoms with Crippen molar-refractivity contribution in [3.05, 3.63) is 64.9 Å². The molecule has 0 aliphatic heterocycles. The Morgan fingerprint density at radius 1 is 1.21 bits per heavy atom. The van der Waals surface area contributed by atoms with E-state index < -0.39 is 0 Å². The van der Waals surface area contributed by atoms with E-state index in [0.717, 1.165) is 15.7 Å². The summed E-state index contributed by atoms with van der Waals surface area (Å²) in [7, 11) is 1.92. The average Bonchev–Trinajstić information content (AvgIpc) is 2.41. The molecule has 0 aliphatic carbocycles. The van der Waals surface area contributed by atoms with Crippen molar-refractivity contribution < 1.29 is 4.39 Å². The fourth-order valence-electron chi connectivity index (χ4n) is 1.78. The van der Waals surface area contributed by atoms with E-state index in [9.17, 15) is 4.39 Å². The smallest absolute Gasteiger partial charge is 0.124 e. The number of halogens is 2. The second-order valence-electron chi connectivity index (χ2n) is 4.16. The fourth-order valence-corrected chi connectivity index (χ4v) is 2.99. The lowest BCUT2D eigenvalue weighted by Crippen LogP contribution is -2.18. The molecular formula is C15H15ClFNS. The van der Waals surface area contributed by atoms with E-state index in [-0.39, 0.29) is 11.9 Å². The molecule has 100 valence electrons. The summed E-state index contributed by atoms with van der Waals surface area (Å²) in [5.41, 5.74) is 1.18. The summed E-state index contributed by atoms with van der Waals surface area (Å²) in [5.74, 6) is 0.638. The second kappa shape index (κ2) is 6.94. The quantitative estimate of drug-likeness (QED) is 0.813. The lowest BCUT2D eigenvalue weighted by molar-refractivity contribution is 0.624. The molecule has 0 bridgehead atoms. The van der Waals surface area contributed by atoms with Crippen LogP contribution in [0.2, 0.25) is 5.02 Å². The van der Waals surface area contributed by atoms with Crippen molar-refractivity contribution in [3.63, 3.8) is 0 Å². The van der Waals surface area contributed by atoms with Crippen LogP contribution in [0.15, 0.2) is 53.4 Å². The minimum atomic E-state index is -0.197. The highest BCUT2D eigenvalue weighted by atomic mass is 35.5. The Hall–Kier alpha value is -1.03. The molecule has 1 nitrogen and oxygen atoms in total. The minimum Gasteiger partial charge on any atom is -0.312 e. The van der Waals surface area contributed by atoms with Crippen molar-refractivity contribution in [2.24, 2.45) is 0 Å². The summed E-state index contributed by atoms with van der Waals surface area (Å²) in [4.78, 5) is 0.939. The van der Waals surface area contributed by atoms with Gasteiger partial charge in [-0.25, -0.2) is 4.39 Å². The van der Waals surface area contributed by atoms with Gasteiger partial charge in [0, 0.05) is 21.7 Å². The van der Waals surface area contributed by atoms with Gasteiger partial charge in [0.15, 0.2) is 0 Å². The molecule has 1 atom stereocenters. The van der Waals surface area contributed by atoms with Crippen LogP contribution in [0.3, 0.4) is 0 Å². The van der Waals surface area contributed by atoms with Crippen LogP contribution in [0.4, 0.5) is 4.39 Å². The zero-order valence-electron chi connectivity index (χ0n) is 10.6. The molecule has 2 aromatic carbocycles. The largest absolute Gasteiger partial charge is 0.312 e. The first kappa shape index (κ1) is 14.4. The Bertz CT molecular complexity index is 530. The van der Waals surface area contributed by atoms with Gasteiger partial charge in [-0.2, -0.15) is 0 Å². The number of benzene rings is 2. The summed E-state index contributed by atoms with van der Waals surface area (Å²) in [5, 5.41) is 4.00. The summed E-state index contributed by atoms with van der Waals surface area (Å²) in [6.45, 7) is 0. The SMILES string of the molecule is CNC(CSc1cccc(F)c1)c1ccc(Cl)cc1. The fraction of sp³-hybridized carbons (Fsp3) is 0.200. The standard InChI is InChI=1S/C15H15ClFNS/c1-18-15(11-5-7-12(16)8-6-11)10-19-14-4-2-3-13(17)9-14/h2-9,15,18H,10H2,1H3. The molecule has 0 spiro atoms. The Balaban J connectivity index is 2.01. The summed E-state index contributed by atoms with van der Waals surface area (Å²) >= 11 is 7.51. The van der Waals surface area contributed by atoms with Gasteiger partial charge in [0.05, 0.1) is 0 Å². The van der Waals surface area contributed by atoms with Gasteiger partial charge >= 0.3 is 0 Å². The average molecular weight is 296 g/mol. The molecule has 0 aromatic heterocycles. The number of rotatable bonds is 5. The van der Waals surface area contributed by atoms with Gasteiger partial charge < -0.3 is 5.32 Å². The third-order valence-electron chi connectivity index (χ3n) is 2.83. The number of hydrogen-bond donors (Lipinski definition) is 1. The highest BCUT2D eigenvalue weighted by Crippen LogP contribution is 2.25. The van der Waals surface area contributed by atoms with Crippen LogP contribution >= 0.6 is 23.4 Å². The minimum absolute atomic E-state index is 0.197. The van der Waals surface area contributed by atoms with Crippen LogP contribution in [0.5, 0.6) is 0 Å². The maximum absolute atomic E-state index is 13.1. The summed E-state index contributed by atoms with van der Waals surface area (Å²) < 4.78 is 13.1. The van der Waals surface area contributed by atoms with Crippen LogP contribution in [-0.4, -0.2) is 12.8 Å². The van der Waals surface area contributed by atoms with Crippen molar-refractivity contribution in [2.45, 2.75) is 10.9 Å². The van der Waals surface area contributed by atoms with Gasteiger partial charge in [0.1, 0.15) is 5.82 Å². The zero-order valence-corrected chi connectivity index (χ0v) is 12.1. The third kappa shape index (κ3) is 4.23. The van der Waals surface area contributed by atoms with E-state index >= 15 is 0 Å². The molecule has 2 aromatic rings. The highest BCUT2D eigenvalue weighted by Gasteiger charge is 2.09. The van der Waals surface area contributed by atoms with Gasteiger partial charge in [-0.3, -0.25) is 0 Å². The Labute approximate surface area is 122 Å². The predicted molar refractivity (Wildman–Crippen MR) is 80.4 cm³/mol. The molecule has 0 saturated carbocycles. The van der Waals surface area contributed by atoms with Crippen LogP contribution in [0.1, 0.15) is 11.6 Å². The number of nitrogens with one attached hydrogen (secondary N) is 1. The van der Waals surface area contributed by atoms with Gasteiger partial charge in [-0.05, 0) is 42.9 Å². The summed E-state index contributed by atoms with van der Waals surface area (Å²) in [6, 6.07) is 14.7. The topological polar surface area (TPSA) is 12.0 Å². The molecule has 19 heavy (non-hydrogen) atoms. The molecule has 0 aliphatic rings. The molecule has 4 heteroatoms. The number of thioether (sulfide) groups is 1. The molecule has 1 N–H and O–H groups in total. The van der Waals surface area contributed by atoms with Gasteiger partial charge in [0.25, 0.3) is 0 Å². The first-order valence-corrected chi connectivity index (χ1v) is 7.36. The van der Waals surface area contributed by atoms with E-state index in [2.05, 4.69) is 5.32 Å². The van der Waals surface area contributed by atoms with Crippen LogP contribution < -0.4 is 5.32 Å². The molecular weight excluding hydrogens is 281 g/mol. The van der Waals surface area contributed by atoms with E-state index in [0.29, 0.717) is 0 Å². The monoisotopic (exact) mass is 295 g/mol. The molecule has 0 saturated heterocycles. The molecule has 0 amide bonds. The van der Waals surface area contributed by atoms with Gasteiger partial charge in [-0.1, -0.05) is 29.8 Å². The molecule has 2 rings (SSSR count). The summed E-state index contributed by atoms with van der Waals surface area (Å²) in [6.07, 6.45) is 0. The maximum atomic E-state index is 13.1. The normalized spacial score (nSPS) is 12.4. The number of hydrogen-bond acceptors (Lipinski definition) is 2. The van der Waals surface area contributed by atoms with Crippen LogP contribution in [-0.2, 0) is 0 Å². The maximum Gasteiger partial charge on any atom is 0.124 e. The Morgan fingerprint density at radius 2 is 1.95 bits per heavy atom. The molecule has 0 heterocycles. The van der Waals surface area contributed by atoms with Crippen LogP contribution in [0.25, 0.3) is 0 Å². The zero-order chi connectivity index (χ0) is 13.7. The van der Waals surface area contributed by atoms with Crippen molar-refractivity contribution in [1.82, 2.24) is 5.32 Å². The third-order valence-corrected chi connectivity index (χ3v) is 4.17. The van der Waals surface area contributed by atoms with Gasteiger partial charge in [-0.15, -0.1) is 11.8 Å². The molecule has 0 fully saturated rings. The highest BCUT2D eigenvalue weighted by molar-refractivity contribution is 7.99. The van der Waals surface area contributed by atoms with Crippen LogP contribution in [0, 0.1) is 5.82 Å². The van der Waals surface area contributed by atoms with Gasteiger partial charge in [0.2, 0.25) is 0 Å². The lowest BCUT2D eigenvalue weighted by Gasteiger charge is -2.16. The van der Waals surface area contributed by atoms with Crippen molar-refractivity contribution in [2.75, 3.05) is 12.8 Å².